The number of nitrogens with zero attached hydrogens (tertiary/aromatic N) is 1. The van der Waals surface area contributed by atoms with Crippen molar-refractivity contribution in [3.63, 3.8) is 0 Å². The van der Waals surface area contributed by atoms with Crippen molar-refractivity contribution in [3.05, 3.63) is 35.6 Å². The summed E-state index contributed by atoms with van der Waals surface area (Å²) in [5, 5.41) is 0. The molecule has 36 heavy (non-hydrogen) atoms. The summed E-state index contributed by atoms with van der Waals surface area (Å²) in [5.74, 6) is -3.00. The van der Waals surface area contributed by atoms with Gasteiger partial charge in [0, 0.05) is 18.9 Å². The monoisotopic (exact) mass is 509 g/mol. The molecule has 1 amide bonds. The second-order valence-corrected chi connectivity index (χ2v) is 10.9. The molecule has 2 rings (SSSR count). The van der Waals surface area contributed by atoms with Crippen molar-refractivity contribution in [2.24, 2.45) is 5.92 Å². The van der Waals surface area contributed by atoms with Crippen LogP contribution >= 0.6 is 0 Å². The van der Waals surface area contributed by atoms with E-state index in [1.807, 2.05) is 20.8 Å². The minimum absolute atomic E-state index is 0.0789. The Labute approximate surface area is 213 Å². The number of hydrogen-bond donors (Lipinski definition) is 0. The Morgan fingerprint density at radius 2 is 1.69 bits per heavy atom. The van der Waals surface area contributed by atoms with Crippen molar-refractivity contribution >= 4 is 17.8 Å². The van der Waals surface area contributed by atoms with Gasteiger partial charge in [-0.3, -0.25) is 9.59 Å². The molecule has 0 N–H and O–H groups in total. The van der Waals surface area contributed by atoms with E-state index < -0.39 is 35.3 Å². The molecule has 202 valence electrons. The van der Waals surface area contributed by atoms with E-state index in [1.54, 1.807) is 27.7 Å². The number of ether oxygens (including phenoxy) is 4. The van der Waals surface area contributed by atoms with Gasteiger partial charge in [-0.25, -0.2) is 9.18 Å². The standard InChI is InChI=1S/C27H40FNO7/c1-17(2)24(31)29(23(25(32)33-8)18-9-11-19(28)12-10-18)14-13-20-15-21(35-27(6,7)34-20)16-22(30)36-26(3,4)5/h9-12,17,20-21,23H,13-16H2,1-8H3. The summed E-state index contributed by atoms with van der Waals surface area (Å²) in [6.45, 7) is 12.7. The molecule has 9 heteroatoms. The van der Waals surface area contributed by atoms with E-state index in [9.17, 15) is 18.8 Å². The molecule has 3 atom stereocenters. The third kappa shape index (κ3) is 8.85. The van der Waals surface area contributed by atoms with Gasteiger partial charge in [0.25, 0.3) is 0 Å². The predicted molar refractivity (Wildman–Crippen MR) is 131 cm³/mol. The summed E-state index contributed by atoms with van der Waals surface area (Å²) in [6, 6.07) is 4.41. The molecule has 1 aliphatic heterocycles. The lowest BCUT2D eigenvalue weighted by molar-refractivity contribution is -0.301. The van der Waals surface area contributed by atoms with Crippen molar-refractivity contribution in [2.45, 2.75) is 97.4 Å². The van der Waals surface area contributed by atoms with Crippen LogP contribution in [0.1, 0.15) is 79.3 Å². The number of carbonyl (C=O) groups is 3. The average molecular weight is 510 g/mol. The van der Waals surface area contributed by atoms with E-state index in [0.29, 0.717) is 18.4 Å². The molecule has 1 aliphatic rings. The SMILES string of the molecule is COC(=O)C(c1ccc(F)cc1)N(CCC1CC(CC(=O)OC(C)(C)C)OC(C)(C)O1)C(=O)C(C)C. The molecule has 0 saturated carbocycles. The molecule has 1 fully saturated rings. The van der Waals surface area contributed by atoms with Crippen LogP contribution in [-0.2, 0) is 33.3 Å². The Morgan fingerprint density at radius 1 is 1.11 bits per heavy atom. The van der Waals surface area contributed by atoms with Crippen LogP contribution in [0.3, 0.4) is 0 Å². The fourth-order valence-corrected chi connectivity index (χ4v) is 4.27. The minimum atomic E-state index is -1.03. The molecule has 1 aromatic carbocycles. The van der Waals surface area contributed by atoms with Crippen molar-refractivity contribution in [1.82, 2.24) is 4.90 Å². The highest BCUT2D eigenvalue weighted by Crippen LogP contribution is 2.32. The normalized spacial score (nSPS) is 20.5. The van der Waals surface area contributed by atoms with Crippen LogP contribution < -0.4 is 0 Å². The Morgan fingerprint density at radius 3 is 2.22 bits per heavy atom. The van der Waals surface area contributed by atoms with Gasteiger partial charge in [0.15, 0.2) is 11.8 Å². The molecule has 1 heterocycles. The van der Waals surface area contributed by atoms with Gasteiger partial charge in [-0.2, -0.15) is 0 Å². The third-order valence-corrected chi connectivity index (χ3v) is 5.63. The third-order valence-electron chi connectivity index (χ3n) is 5.63. The maximum absolute atomic E-state index is 13.5. The van der Waals surface area contributed by atoms with Crippen LogP contribution in [0.15, 0.2) is 24.3 Å². The average Bonchev–Trinajstić information content (AvgIpc) is 2.74. The lowest BCUT2D eigenvalue weighted by atomic mass is 9.99. The van der Waals surface area contributed by atoms with Crippen LogP contribution in [0.2, 0.25) is 0 Å². The molecule has 0 radical (unpaired) electrons. The Kier molecular flexibility index (Phi) is 10.0. The Bertz CT molecular complexity index is 908. The molecule has 1 aromatic rings. The first-order chi connectivity index (χ1) is 16.6. The fourth-order valence-electron chi connectivity index (χ4n) is 4.27. The van der Waals surface area contributed by atoms with Gasteiger partial charge in [-0.1, -0.05) is 26.0 Å². The molecule has 8 nitrogen and oxygen atoms in total. The van der Waals surface area contributed by atoms with Gasteiger partial charge < -0.3 is 23.8 Å². The number of benzene rings is 1. The maximum atomic E-state index is 13.5. The van der Waals surface area contributed by atoms with Gasteiger partial charge in [-0.15, -0.1) is 0 Å². The van der Waals surface area contributed by atoms with E-state index in [-0.39, 0.29) is 36.9 Å². The summed E-state index contributed by atoms with van der Waals surface area (Å²) in [5.41, 5.74) is -0.147. The van der Waals surface area contributed by atoms with Crippen LogP contribution in [0, 0.1) is 11.7 Å². The molecular weight excluding hydrogens is 469 g/mol. The highest BCUT2D eigenvalue weighted by Gasteiger charge is 2.39. The van der Waals surface area contributed by atoms with Crippen LogP contribution in [0.25, 0.3) is 0 Å². The lowest BCUT2D eigenvalue weighted by Crippen LogP contribution is -2.48. The Balaban J connectivity index is 2.23. The molecule has 0 aliphatic carbocycles. The highest BCUT2D eigenvalue weighted by atomic mass is 19.1. The van der Waals surface area contributed by atoms with E-state index in [4.69, 9.17) is 18.9 Å². The lowest BCUT2D eigenvalue weighted by Gasteiger charge is -2.41. The number of hydrogen-bond acceptors (Lipinski definition) is 7. The Hall–Kier alpha value is -2.52. The molecular formula is C27H40FNO7. The number of esters is 2. The molecule has 3 unspecified atom stereocenters. The zero-order valence-electron chi connectivity index (χ0n) is 22.6. The number of methoxy groups -OCH3 is 1. The van der Waals surface area contributed by atoms with E-state index in [1.165, 1.54) is 36.3 Å². The molecule has 1 saturated heterocycles. The van der Waals surface area contributed by atoms with Crippen LogP contribution in [-0.4, -0.2) is 60.0 Å². The summed E-state index contributed by atoms with van der Waals surface area (Å²) >= 11 is 0. The van der Waals surface area contributed by atoms with Crippen molar-refractivity contribution < 1.29 is 37.7 Å². The van der Waals surface area contributed by atoms with Crippen molar-refractivity contribution in [2.75, 3.05) is 13.7 Å². The number of halogens is 1. The van der Waals surface area contributed by atoms with Crippen LogP contribution in [0.4, 0.5) is 4.39 Å². The van der Waals surface area contributed by atoms with E-state index >= 15 is 0 Å². The van der Waals surface area contributed by atoms with Gasteiger partial charge in [0.1, 0.15) is 11.4 Å². The van der Waals surface area contributed by atoms with Gasteiger partial charge in [0.05, 0.1) is 25.7 Å². The zero-order chi connectivity index (χ0) is 27.3. The maximum Gasteiger partial charge on any atom is 0.333 e. The number of rotatable bonds is 9. The second-order valence-electron chi connectivity index (χ2n) is 10.9. The largest absolute Gasteiger partial charge is 0.467 e. The van der Waals surface area contributed by atoms with Gasteiger partial charge in [0.2, 0.25) is 5.91 Å². The van der Waals surface area contributed by atoms with Crippen molar-refractivity contribution in [1.29, 1.82) is 0 Å². The topological polar surface area (TPSA) is 91.4 Å². The van der Waals surface area contributed by atoms with Crippen LogP contribution in [0.5, 0.6) is 0 Å². The quantitative estimate of drug-likeness (QED) is 0.451. The first-order valence-corrected chi connectivity index (χ1v) is 12.3. The molecule has 0 spiro atoms. The summed E-state index contributed by atoms with van der Waals surface area (Å²) in [7, 11) is 1.25. The number of carbonyl (C=O) groups excluding carboxylic acids is 3. The second kappa shape index (κ2) is 12.1. The summed E-state index contributed by atoms with van der Waals surface area (Å²) in [4.78, 5) is 39.8. The van der Waals surface area contributed by atoms with Crippen molar-refractivity contribution in [3.8, 4) is 0 Å². The fraction of sp³-hybridized carbons (Fsp3) is 0.667. The van der Waals surface area contributed by atoms with E-state index in [2.05, 4.69) is 0 Å². The zero-order valence-corrected chi connectivity index (χ0v) is 22.6. The molecule has 0 bridgehead atoms. The highest BCUT2D eigenvalue weighted by molar-refractivity contribution is 5.86. The van der Waals surface area contributed by atoms with E-state index in [0.717, 1.165) is 0 Å². The first kappa shape index (κ1) is 29.7. The number of amides is 1. The van der Waals surface area contributed by atoms with Gasteiger partial charge >= 0.3 is 11.9 Å². The smallest absolute Gasteiger partial charge is 0.333 e. The summed E-state index contributed by atoms with van der Waals surface area (Å²) in [6.07, 6.45) is 0.137. The minimum Gasteiger partial charge on any atom is -0.467 e. The predicted octanol–water partition coefficient (Wildman–Crippen LogP) is 4.56. The van der Waals surface area contributed by atoms with Gasteiger partial charge in [-0.05, 0) is 58.7 Å². The first-order valence-electron chi connectivity index (χ1n) is 12.3. The summed E-state index contributed by atoms with van der Waals surface area (Å²) < 4.78 is 36.0. The molecule has 0 aromatic heterocycles.